The summed E-state index contributed by atoms with van der Waals surface area (Å²) in [7, 11) is 1.52. The van der Waals surface area contributed by atoms with Crippen molar-refractivity contribution in [2.45, 2.75) is 26.0 Å². The van der Waals surface area contributed by atoms with E-state index in [4.69, 9.17) is 13.9 Å². The van der Waals surface area contributed by atoms with Crippen molar-refractivity contribution in [1.29, 1.82) is 0 Å². The summed E-state index contributed by atoms with van der Waals surface area (Å²) in [4.78, 5) is 4.56. The fraction of sp³-hybridized carbons (Fsp3) is 0.476. The van der Waals surface area contributed by atoms with Gasteiger partial charge in [-0.05, 0) is 36.8 Å². The highest BCUT2D eigenvalue weighted by molar-refractivity contribution is 14.0. The van der Waals surface area contributed by atoms with Gasteiger partial charge in [-0.1, -0.05) is 0 Å². The van der Waals surface area contributed by atoms with Gasteiger partial charge >= 0.3 is 6.61 Å². The Bertz CT molecular complexity index is 800. The summed E-state index contributed by atoms with van der Waals surface area (Å²) < 4.78 is 46.1. The van der Waals surface area contributed by atoms with Crippen molar-refractivity contribution in [3.63, 3.8) is 0 Å². The van der Waals surface area contributed by atoms with Crippen LogP contribution in [0.15, 0.2) is 46.0 Å². The Morgan fingerprint density at radius 3 is 2.84 bits per heavy atom. The van der Waals surface area contributed by atoms with E-state index in [1.165, 1.54) is 13.2 Å². The Labute approximate surface area is 197 Å². The molecule has 1 aliphatic rings. The minimum absolute atomic E-state index is 0. The molecule has 2 aromatic rings. The molecule has 1 aromatic heterocycles. The van der Waals surface area contributed by atoms with Crippen LogP contribution in [0.2, 0.25) is 0 Å². The summed E-state index contributed by atoms with van der Waals surface area (Å²) >= 11 is 0. The van der Waals surface area contributed by atoms with Gasteiger partial charge in [-0.3, -0.25) is 0 Å². The Morgan fingerprint density at radius 2 is 2.16 bits per heavy atom. The predicted molar refractivity (Wildman–Crippen MR) is 124 cm³/mol. The first-order valence-electron chi connectivity index (χ1n) is 9.88. The first kappa shape index (κ1) is 25.2. The zero-order valence-corrected chi connectivity index (χ0v) is 19.6. The molecular weight excluding hydrogens is 523 g/mol. The van der Waals surface area contributed by atoms with E-state index in [0.29, 0.717) is 42.7 Å². The maximum Gasteiger partial charge on any atom is 0.387 e. The maximum absolute atomic E-state index is 12.7. The Hall–Kier alpha value is -2.08. The highest BCUT2D eigenvalue weighted by Crippen LogP contribution is 2.26. The molecule has 2 heterocycles. The lowest BCUT2D eigenvalue weighted by atomic mass is 10.1. The van der Waals surface area contributed by atoms with Crippen molar-refractivity contribution in [3.8, 4) is 11.5 Å². The number of methoxy groups -OCH3 is 1. The molecule has 7 nitrogen and oxygen atoms in total. The summed E-state index contributed by atoms with van der Waals surface area (Å²) in [6, 6.07) is 8.43. The van der Waals surface area contributed by atoms with Crippen molar-refractivity contribution in [2.24, 2.45) is 10.9 Å². The minimum atomic E-state index is -2.91. The fourth-order valence-corrected chi connectivity index (χ4v) is 3.10. The van der Waals surface area contributed by atoms with Gasteiger partial charge in [-0.15, -0.1) is 24.0 Å². The van der Waals surface area contributed by atoms with E-state index in [1.54, 1.807) is 18.4 Å². The maximum atomic E-state index is 12.7. The molecule has 0 bridgehead atoms. The summed E-state index contributed by atoms with van der Waals surface area (Å²) in [5.41, 5.74) is 0.506. The summed E-state index contributed by atoms with van der Waals surface area (Å²) in [6.45, 7) is 0.0471. The highest BCUT2D eigenvalue weighted by atomic mass is 127. The second kappa shape index (κ2) is 13.4. The number of ether oxygens (including phenoxy) is 3. The number of hydrogen-bond acceptors (Lipinski definition) is 5. The number of hydrogen-bond donors (Lipinski definition) is 2. The van der Waals surface area contributed by atoms with Crippen molar-refractivity contribution < 1.29 is 27.4 Å². The van der Waals surface area contributed by atoms with Crippen LogP contribution in [0.1, 0.15) is 17.7 Å². The van der Waals surface area contributed by atoms with Crippen LogP contribution in [0.4, 0.5) is 8.78 Å². The van der Waals surface area contributed by atoms with Gasteiger partial charge in [-0.25, -0.2) is 4.99 Å². The van der Waals surface area contributed by atoms with Crippen molar-refractivity contribution in [2.75, 3.05) is 33.4 Å². The molecule has 1 fully saturated rings. The lowest BCUT2D eigenvalue weighted by Gasteiger charge is -2.16. The third kappa shape index (κ3) is 8.52. The van der Waals surface area contributed by atoms with Gasteiger partial charge in [0.15, 0.2) is 5.96 Å². The Kier molecular flexibility index (Phi) is 10.9. The molecule has 3 rings (SSSR count). The molecule has 31 heavy (non-hydrogen) atoms. The number of rotatable bonds is 10. The molecule has 172 valence electrons. The third-order valence-corrected chi connectivity index (χ3v) is 4.72. The molecule has 0 aliphatic carbocycles. The molecule has 1 aromatic carbocycles. The van der Waals surface area contributed by atoms with E-state index >= 15 is 0 Å². The second-order valence-electron chi connectivity index (χ2n) is 6.88. The molecule has 1 atom stereocenters. The van der Waals surface area contributed by atoms with Crippen LogP contribution >= 0.6 is 24.0 Å². The van der Waals surface area contributed by atoms with Gasteiger partial charge in [0.05, 0.1) is 26.5 Å². The molecule has 10 heteroatoms. The number of guanidine groups is 1. The van der Waals surface area contributed by atoms with Crippen LogP contribution in [-0.2, 0) is 17.7 Å². The molecule has 2 N–H and O–H groups in total. The first-order valence-corrected chi connectivity index (χ1v) is 9.88. The third-order valence-electron chi connectivity index (χ3n) is 4.72. The highest BCUT2D eigenvalue weighted by Gasteiger charge is 2.16. The van der Waals surface area contributed by atoms with Gasteiger partial charge in [0, 0.05) is 37.6 Å². The van der Waals surface area contributed by atoms with Crippen LogP contribution in [0.25, 0.3) is 0 Å². The van der Waals surface area contributed by atoms with Gasteiger partial charge in [0.1, 0.15) is 17.3 Å². The smallest absolute Gasteiger partial charge is 0.387 e. The molecule has 1 saturated heterocycles. The molecule has 1 aliphatic heterocycles. The van der Waals surface area contributed by atoms with Gasteiger partial charge in [-0.2, -0.15) is 8.78 Å². The summed E-state index contributed by atoms with van der Waals surface area (Å²) in [5.74, 6) is 2.49. The van der Waals surface area contributed by atoms with Crippen LogP contribution in [0.3, 0.4) is 0 Å². The number of furan rings is 1. The van der Waals surface area contributed by atoms with Gasteiger partial charge in [0.2, 0.25) is 0 Å². The van der Waals surface area contributed by atoms with E-state index in [0.717, 1.165) is 25.4 Å². The topological polar surface area (TPSA) is 77.2 Å². The molecule has 0 radical (unpaired) electrons. The number of aliphatic imine (C=N–C) groups is 1. The summed E-state index contributed by atoms with van der Waals surface area (Å²) in [6.07, 6.45) is 3.32. The van der Waals surface area contributed by atoms with E-state index in [-0.39, 0.29) is 36.3 Å². The lowest BCUT2D eigenvalue weighted by Crippen LogP contribution is -2.40. The van der Waals surface area contributed by atoms with E-state index in [9.17, 15) is 8.78 Å². The fourth-order valence-electron chi connectivity index (χ4n) is 3.10. The lowest BCUT2D eigenvalue weighted by molar-refractivity contribution is -0.0504. The summed E-state index contributed by atoms with van der Waals surface area (Å²) in [5, 5.41) is 6.57. The molecule has 0 amide bonds. The quantitative estimate of drug-likeness (QED) is 0.266. The largest absolute Gasteiger partial charge is 0.497 e. The Balaban J connectivity index is 0.00000341. The average Bonchev–Trinajstić information content (AvgIpc) is 3.44. The second-order valence-corrected chi connectivity index (χ2v) is 6.88. The van der Waals surface area contributed by atoms with Gasteiger partial charge < -0.3 is 29.3 Å². The molecular formula is C21H28F2IN3O4. The molecule has 0 spiro atoms. The minimum Gasteiger partial charge on any atom is -0.497 e. The van der Waals surface area contributed by atoms with Crippen molar-refractivity contribution in [1.82, 2.24) is 10.6 Å². The normalized spacial score (nSPS) is 16.1. The number of nitrogens with zero attached hydrogens (tertiary/aromatic N) is 1. The standard InChI is InChI=1S/C21H27F2N3O4.HI/c1-27-18-4-5-19(30-20(22)23)16(11-18)13-26-21(25-12-15-7-10-28-14-15)24-8-6-17-3-2-9-29-17;/h2-5,9,11,15,20H,6-8,10,12-14H2,1H3,(H2,24,25,26);1H. The molecule has 1 unspecified atom stereocenters. The zero-order valence-electron chi connectivity index (χ0n) is 17.3. The van der Waals surface area contributed by atoms with Crippen LogP contribution < -0.4 is 20.1 Å². The van der Waals surface area contributed by atoms with Gasteiger partial charge in [0.25, 0.3) is 0 Å². The monoisotopic (exact) mass is 551 g/mol. The van der Waals surface area contributed by atoms with Crippen LogP contribution in [0, 0.1) is 5.92 Å². The number of nitrogens with one attached hydrogen (secondary N) is 2. The Morgan fingerprint density at radius 1 is 1.29 bits per heavy atom. The number of halogens is 3. The van der Waals surface area contributed by atoms with E-state index < -0.39 is 6.61 Å². The first-order chi connectivity index (χ1) is 14.6. The number of benzene rings is 1. The molecule has 0 saturated carbocycles. The van der Waals surface area contributed by atoms with E-state index in [1.807, 2.05) is 12.1 Å². The SMILES string of the molecule is COc1ccc(OC(F)F)c(CN=C(NCCc2ccco2)NCC2CCOC2)c1.I. The van der Waals surface area contributed by atoms with Crippen LogP contribution in [-0.4, -0.2) is 46.0 Å². The average molecular weight is 551 g/mol. The van der Waals surface area contributed by atoms with Crippen LogP contribution in [0.5, 0.6) is 11.5 Å². The predicted octanol–water partition coefficient (Wildman–Crippen LogP) is 3.82. The zero-order chi connectivity index (χ0) is 21.2. The number of alkyl halides is 2. The van der Waals surface area contributed by atoms with Crippen molar-refractivity contribution in [3.05, 3.63) is 47.9 Å². The van der Waals surface area contributed by atoms with E-state index in [2.05, 4.69) is 20.4 Å². The van der Waals surface area contributed by atoms with Crippen molar-refractivity contribution >= 4 is 29.9 Å².